The number of fused-ring (bicyclic) bond motifs is 1. The molecular formula is C17H14F3N3O3S. The first-order chi connectivity index (χ1) is 12.6. The van der Waals surface area contributed by atoms with Crippen LogP contribution in [0.15, 0.2) is 35.4 Å². The lowest BCUT2D eigenvalue weighted by molar-refractivity contribution is -0.274. The normalized spacial score (nSPS) is 11.6. The number of hydrogen-bond donors (Lipinski definition) is 1. The fraction of sp³-hybridized carbons (Fsp3) is 0.235. The molecule has 2 aromatic heterocycles. The molecule has 0 aliphatic rings. The predicted octanol–water partition coefficient (Wildman–Crippen LogP) is 3.61. The molecule has 1 amide bonds. The molecular weight excluding hydrogens is 383 g/mol. The third kappa shape index (κ3) is 4.27. The first kappa shape index (κ1) is 18.9. The maximum atomic E-state index is 12.6. The van der Waals surface area contributed by atoms with Crippen molar-refractivity contribution in [2.24, 2.45) is 0 Å². The highest BCUT2D eigenvalue weighted by atomic mass is 32.1. The Labute approximate surface area is 155 Å². The maximum absolute atomic E-state index is 12.6. The lowest BCUT2D eigenvalue weighted by Gasteiger charge is -2.10. The van der Waals surface area contributed by atoms with Crippen molar-refractivity contribution in [2.75, 3.05) is 5.32 Å². The number of thiophene rings is 1. The average molecular weight is 397 g/mol. The van der Waals surface area contributed by atoms with E-state index in [1.807, 2.05) is 13.8 Å². The quantitative estimate of drug-likeness (QED) is 0.730. The van der Waals surface area contributed by atoms with Crippen LogP contribution in [-0.4, -0.2) is 21.8 Å². The molecule has 27 heavy (non-hydrogen) atoms. The Morgan fingerprint density at radius 3 is 2.56 bits per heavy atom. The molecule has 0 aliphatic heterocycles. The van der Waals surface area contributed by atoms with Crippen LogP contribution in [-0.2, 0) is 11.3 Å². The Morgan fingerprint density at radius 2 is 1.93 bits per heavy atom. The summed E-state index contributed by atoms with van der Waals surface area (Å²) in [5, 5.41) is 3.00. The summed E-state index contributed by atoms with van der Waals surface area (Å²) in [5.74, 6) is -0.901. The Hall–Kier alpha value is -2.88. The summed E-state index contributed by atoms with van der Waals surface area (Å²) in [5.41, 5.74) is 0.799. The van der Waals surface area contributed by atoms with Gasteiger partial charge in [0.05, 0.1) is 11.7 Å². The first-order valence-electron chi connectivity index (χ1n) is 7.75. The number of ether oxygens (including phenoxy) is 1. The molecule has 6 nitrogen and oxygen atoms in total. The molecule has 3 aromatic rings. The average Bonchev–Trinajstić information content (AvgIpc) is 2.86. The number of nitrogens with one attached hydrogen (secondary N) is 1. The summed E-state index contributed by atoms with van der Waals surface area (Å²) in [4.78, 5) is 30.5. The molecule has 0 atom stereocenters. The lowest BCUT2D eigenvalue weighted by Crippen LogP contribution is -2.27. The van der Waals surface area contributed by atoms with Gasteiger partial charge in [-0.1, -0.05) is 0 Å². The van der Waals surface area contributed by atoms with E-state index in [1.54, 1.807) is 0 Å². The molecule has 1 N–H and O–H groups in total. The summed E-state index contributed by atoms with van der Waals surface area (Å²) < 4.78 is 41.4. The van der Waals surface area contributed by atoms with E-state index >= 15 is 0 Å². The Morgan fingerprint density at radius 1 is 1.26 bits per heavy atom. The minimum absolute atomic E-state index is 0.267. The second-order valence-electron chi connectivity index (χ2n) is 5.76. The van der Waals surface area contributed by atoms with Gasteiger partial charge in [0.2, 0.25) is 5.91 Å². The molecule has 0 fully saturated rings. The van der Waals surface area contributed by atoms with E-state index < -0.39 is 18.0 Å². The molecule has 3 rings (SSSR count). The minimum Gasteiger partial charge on any atom is -0.406 e. The number of hydrogen-bond acceptors (Lipinski definition) is 5. The number of amides is 1. The van der Waals surface area contributed by atoms with Gasteiger partial charge in [-0.2, -0.15) is 0 Å². The summed E-state index contributed by atoms with van der Waals surface area (Å²) in [7, 11) is 0. The monoisotopic (exact) mass is 397 g/mol. The van der Waals surface area contributed by atoms with Crippen LogP contribution >= 0.6 is 11.3 Å². The van der Waals surface area contributed by atoms with Gasteiger partial charge in [-0.05, 0) is 43.7 Å². The minimum atomic E-state index is -4.78. The molecule has 2 heterocycles. The fourth-order valence-corrected chi connectivity index (χ4v) is 3.47. The van der Waals surface area contributed by atoms with Crippen molar-refractivity contribution in [3.8, 4) is 5.75 Å². The van der Waals surface area contributed by atoms with Gasteiger partial charge in [-0.15, -0.1) is 24.5 Å². The van der Waals surface area contributed by atoms with Gasteiger partial charge in [0.25, 0.3) is 5.56 Å². The van der Waals surface area contributed by atoms with Crippen LogP contribution < -0.4 is 15.6 Å². The summed E-state index contributed by atoms with van der Waals surface area (Å²) in [6, 6.07) is 4.71. The van der Waals surface area contributed by atoms with E-state index in [1.165, 1.54) is 34.4 Å². The number of aryl methyl sites for hydroxylation is 2. The summed E-state index contributed by atoms with van der Waals surface area (Å²) in [6.07, 6.45) is -3.48. The zero-order valence-electron chi connectivity index (χ0n) is 14.3. The number of carbonyl (C=O) groups excluding carboxylic acids is 1. The first-order valence-corrected chi connectivity index (χ1v) is 8.56. The molecule has 0 saturated carbocycles. The van der Waals surface area contributed by atoms with Gasteiger partial charge in [0.15, 0.2) is 0 Å². The third-order valence-electron chi connectivity index (χ3n) is 3.84. The summed E-state index contributed by atoms with van der Waals surface area (Å²) in [6.45, 7) is 3.45. The van der Waals surface area contributed by atoms with Crippen molar-refractivity contribution in [1.82, 2.24) is 9.55 Å². The predicted molar refractivity (Wildman–Crippen MR) is 95.1 cm³/mol. The largest absolute Gasteiger partial charge is 0.573 e. The topological polar surface area (TPSA) is 73.2 Å². The van der Waals surface area contributed by atoms with E-state index in [4.69, 9.17) is 0 Å². The van der Waals surface area contributed by atoms with Crippen molar-refractivity contribution in [2.45, 2.75) is 26.8 Å². The molecule has 0 bridgehead atoms. The van der Waals surface area contributed by atoms with Crippen LogP contribution in [0.3, 0.4) is 0 Å². The fourth-order valence-electron chi connectivity index (χ4n) is 2.48. The van der Waals surface area contributed by atoms with E-state index in [2.05, 4.69) is 15.0 Å². The van der Waals surface area contributed by atoms with Crippen LogP contribution in [0.5, 0.6) is 5.75 Å². The number of benzene rings is 1. The molecule has 10 heteroatoms. The van der Waals surface area contributed by atoms with Crippen LogP contribution in [0.4, 0.5) is 18.9 Å². The highest BCUT2D eigenvalue weighted by Crippen LogP contribution is 2.26. The number of halogens is 3. The standard InChI is InChI=1S/C17H14F3N3O3S/c1-9-10(2)27-15-14(9)16(25)23(8-21-15)7-13(24)22-11-3-5-12(6-4-11)26-17(18,19)20/h3-6,8H,7H2,1-2H3,(H,22,24). The number of carbonyl (C=O) groups is 1. The van der Waals surface area contributed by atoms with Gasteiger partial charge in [-0.25, -0.2) is 4.98 Å². The van der Waals surface area contributed by atoms with Gasteiger partial charge < -0.3 is 10.1 Å². The SMILES string of the molecule is Cc1sc2ncn(CC(=O)Nc3ccc(OC(F)(F)F)cc3)c(=O)c2c1C. The molecule has 0 unspecified atom stereocenters. The Bertz CT molecular complexity index is 1060. The molecule has 1 aromatic carbocycles. The highest BCUT2D eigenvalue weighted by molar-refractivity contribution is 7.18. The van der Waals surface area contributed by atoms with Crippen LogP contribution in [0, 0.1) is 13.8 Å². The molecule has 0 spiro atoms. The molecule has 0 radical (unpaired) electrons. The van der Waals surface area contributed by atoms with Crippen molar-refractivity contribution < 1.29 is 22.7 Å². The van der Waals surface area contributed by atoms with Gasteiger partial charge in [0.1, 0.15) is 17.1 Å². The van der Waals surface area contributed by atoms with Crippen molar-refractivity contribution >= 4 is 33.1 Å². The van der Waals surface area contributed by atoms with Crippen LogP contribution in [0.25, 0.3) is 10.2 Å². The Kier molecular flexibility index (Phi) is 4.92. The van der Waals surface area contributed by atoms with Crippen molar-refractivity contribution in [1.29, 1.82) is 0 Å². The molecule has 0 aliphatic carbocycles. The van der Waals surface area contributed by atoms with E-state index in [0.29, 0.717) is 10.2 Å². The zero-order valence-corrected chi connectivity index (χ0v) is 15.1. The highest BCUT2D eigenvalue weighted by Gasteiger charge is 2.30. The van der Waals surface area contributed by atoms with E-state index in [-0.39, 0.29) is 17.8 Å². The molecule has 0 saturated heterocycles. The van der Waals surface area contributed by atoms with Gasteiger partial charge in [0, 0.05) is 10.6 Å². The van der Waals surface area contributed by atoms with E-state index in [9.17, 15) is 22.8 Å². The number of nitrogens with zero attached hydrogens (tertiary/aromatic N) is 2. The molecule has 142 valence electrons. The zero-order chi connectivity index (χ0) is 19.8. The van der Waals surface area contributed by atoms with Crippen molar-refractivity contribution in [3.63, 3.8) is 0 Å². The van der Waals surface area contributed by atoms with Crippen LogP contribution in [0.2, 0.25) is 0 Å². The number of rotatable bonds is 4. The second kappa shape index (κ2) is 7.03. The lowest BCUT2D eigenvalue weighted by atomic mass is 10.2. The third-order valence-corrected chi connectivity index (χ3v) is 4.96. The van der Waals surface area contributed by atoms with Gasteiger partial charge in [-0.3, -0.25) is 14.2 Å². The van der Waals surface area contributed by atoms with Crippen LogP contribution in [0.1, 0.15) is 10.4 Å². The number of aromatic nitrogens is 2. The van der Waals surface area contributed by atoms with Crippen molar-refractivity contribution in [3.05, 3.63) is 51.4 Å². The second-order valence-corrected chi connectivity index (χ2v) is 6.96. The van der Waals surface area contributed by atoms with E-state index in [0.717, 1.165) is 22.6 Å². The smallest absolute Gasteiger partial charge is 0.406 e. The maximum Gasteiger partial charge on any atom is 0.573 e. The Balaban J connectivity index is 1.73. The number of anilines is 1. The van der Waals surface area contributed by atoms with Gasteiger partial charge >= 0.3 is 6.36 Å². The summed E-state index contributed by atoms with van der Waals surface area (Å²) >= 11 is 1.41. The number of alkyl halides is 3.